The zero-order valence-electron chi connectivity index (χ0n) is 11.8. The van der Waals surface area contributed by atoms with Crippen LogP contribution in [-0.4, -0.2) is 29.5 Å². The molecule has 0 saturated heterocycles. The van der Waals surface area contributed by atoms with Crippen molar-refractivity contribution in [1.82, 2.24) is 5.32 Å². The van der Waals surface area contributed by atoms with Gasteiger partial charge in [0.25, 0.3) is 5.69 Å². The summed E-state index contributed by atoms with van der Waals surface area (Å²) in [5.41, 5.74) is 4.41. The average Bonchev–Trinajstić information content (AvgIpc) is 2.38. The van der Waals surface area contributed by atoms with Crippen LogP contribution >= 0.6 is 0 Å². The number of nitrogens with one attached hydrogen (secondary N) is 1. The number of carbonyl (C=O) groups is 1. The van der Waals surface area contributed by atoms with Crippen molar-refractivity contribution in [3.05, 3.63) is 34.4 Å². The number of non-ortho nitro benzene ring substituents is 1. The minimum absolute atomic E-state index is 0.0408. The minimum Gasteiger partial charge on any atom is -0.490 e. The lowest BCUT2D eigenvalue weighted by atomic mass is 9.94. The lowest BCUT2D eigenvalue weighted by Gasteiger charge is -2.28. The van der Waals surface area contributed by atoms with Crippen LogP contribution in [-0.2, 0) is 4.79 Å². The van der Waals surface area contributed by atoms with Gasteiger partial charge in [0.15, 0.2) is 0 Å². The predicted octanol–water partition coefficient (Wildman–Crippen LogP) is 1.22. The van der Waals surface area contributed by atoms with Crippen LogP contribution in [0.3, 0.4) is 0 Å². The van der Waals surface area contributed by atoms with E-state index in [4.69, 9.17) is 10.5 Å². The lowest BCUT2D eigenvalue weighted by Crippen LogP contribution is -2.53. The Morgan fingerprint density at radius 1 is 1.60 bits per heavy atom. The zero-order chi connectivity index (χ0) is 15.3. The van der Waals surface area contributed by atoms with Crippen LogP contribution in [0, 0.1) is 10.1 Å². The summed E-state index contributed by atoms with van der Waals surface area (Å²) in [7, 11) is 1.64. The Balaban J connectivity index is 2.76. The minimum atomic E-state index is -0.889. The second kappa shape index (κ2) is 6.33. The fraction of sp³-hybridized carbons (Fsp3) is 0.462. The molecule has 110 valence electrons. The summed E-state index contributed by atoms with van der Waals surface area (Å²) in [5.74, 6) is -0.0934. The number of likely N-dealkylation sites (N-methyl/N-ethyl adjacent to an activating group) is 1. The Morgan fingerprint density at radius 2 is 2.25 bits per heavy atom. The molecule has 1 aromatic rings. The third-order valence-corrected chi connectivity index (χ3v) is 3.16. The molecule has 0 fully saturated rings. The molecule has 0 spiro atoms. The molecule has 0 aliphatic rings. The van der Waals surface area contributed by atoms with E-state index in [0.29, 0.717) is 12.2 Å². The average molecular weight is 281 g/mol. The summed E-state index contributed by atoms with van der Waals surface area (Å²) in [6, 6.07) is 5.91. The van der Waals surface area contributed by atoms with Crippen molar-refractivity contribution in [3.8, 4) is 5.75 Å². The fourth-order valence-corrected chi connectivity index (χ4v) is 1.85. The smallest absolute Gasteiger partial charge is 0.273 e. The molecule has 1 aromatic carbocycles. The second-order valence-corrected chi connectivity index (χ2v) is 4.83. The topological polar surface area (TPSA) is 107 Å². The number of carbonyl (C=O) groups excluding carboxylic acids is 1. The van der Waals surface area contributed by atoms with E-state index in [1.165, 1.54) is 12.1 Å². The van der Waals surface area contributed by atoms with Crippen LogP contribution in [0.4, 0.5) is 5.69 Å². The first-order chi connectivity index (χ1) is 9.28. The molecule has 1 rings (SSSR count). The van der Waals surface area contributed by atoms with Gasteiger partial charge >= 0.3 is 0 Å². The Labute approximate surface area is 117 Å². The van der Waals surface area contributed by atoms with Crippen molar-refractivity contribution >= 4 is 11.6 Å². The van der Waals surface area contributed by atoms with Gasteiger partial charge < -0.3 is 15.8 Å². The number of hydrogen-bond acceptors (Lipinski definition) is 5. The highest BCUT2D eigenvalue weighted by Crippen LogP contribution is 2.22. The first-order valence-electron chi connectivity index (χ1n) is 6.18. The number of nitro benzene ring substituents is 1. The molecule has 0 radical (unpaired) electrons. The van der Waals surface area contributed by atoms with Gasteiger partial charge in [-0.15, -0.1) is 0 Å². The van der Waals surface area contributed by atoms with Crippen LogP contribution in [0.15, 0.2) is 24.3 Å². The van der Waals surface area contributed by atoms with Crippen molar-refractivity contribution in [1.29, 1.82) is 0 Å². The maximum Gasteiger partial charge on any atom is 0.273 e. The number of primary amides is 1. The molecule has 0 aliphatic heterocycles. The Hall–Kier alpha value is -2.15. The number of hydrogen-bond donors (Lipinski definition) is 2. The van der Waals surface area contributed by atoms with Gasteiger partial charge in [-0.3, -0.25) is 14.9 Å². The Morgan fingerprint density at radius 3 is 2.75 bits per heavy atom. The van der Waals surface area contributed by atoms with Crippen LogP contribution in [0.2, 0.25) is 0 Å². The molecule has 0 heterocycles. The predicted molar refractivity (Wildman–Crippen MR) is 74.5 cm³/mol. The van der Waals surface area contributed by atoms with Gasteiger partial charge in [-0.2, -0.15) is 0 Å². The summed E-state index contributed by atoms with van der Waals surface area (Å²) in [5, 5.41) is 13.5. The summed E-state index contributed by atoms with van der Waals surface area (Å²) in [6.45, 7) is 3.46. The normalized spacial score (nSPS) is 15.2. The summed E-state index contributed by atoms with van der Waals surface area (Å²) in [6.07, 6.45) is 0.0172. The van der Waals surface area contributed by atoms with Crippen molar-refractivity contribution in [2.24, 2.45) is 5.73 Å². The van der Waals surface area contributed by atoms with Crippen LogP contribution < -0.4 is 15.8 Å². The van der Waals surface area contributed by atoms with Crippen LogP contribution in [0.25, 0.3) is 0 Å². The third kappa shape index (κ3) is 3.92. The van der Waals surface area contributed by atoms with Gasteiger partial charge in [-0.1, -0.05) is 6.07 Å². The first-order valence-corrected chi connectivity index (χ1v) is 6.18. The molecule has 0 aliphatic carbocycles. The largest absolute Gasteiger partial charge is 0.490 e. The van der Waals surface area contributed by atoms with Crippen LogP contribution in [0.1, 0.15) is 20.3 Å². The highest BCUT2D eigenvalue weighted by molar-refractivity contribution is 5.84. The first kappa shape index (κ1) is 15.9. The van der Waals surface area contributed by atoms with E-state index in [-0.39, 0.29) is 11.8 Å². The molecule has 1 amide bonds. The van der Waals surface area contributed by atoms with Gasteiger partial charge in [0, 0.05) is 12.5 Å². The number of amides is 1. The summed E-state index contributed by atoms with van der Waals surface area (Å²) < 4.78 is 5.60. The van der Waals surface area contributed by atoms with Gasteiger partial charge in [-0.05, 0) is 27.0 Å². The van der Waals surface area contributed by atoms with Crippen molar-refractivity contribution in [2.45, 2.75) is 31.9 Å². The van der Waals surface area contributed by atoms with Crippen molar-refractivity contribution in [3.63, 3.8) is 0 Å². The van der Waals surface area contributed by atoms with Gasteiger partial charge in [0.1, 0.15) is 5.75 Å². The fourth-order valence-electron chi connectivity index (χ4n) is 1.85. The lowest BCUT2D eigenvalue weighted by molar-refractivity contribution is -0.384. The maximum absolute atomic E-state index is 11.4. The molecule has 2 unspecified atom stereocenters. The van der Waals surface area contributed by atoms with E-state index in [0.717, 1.165) is 0 Å². The highest BCUT2D eigenvalue weighted by atomic mass is 16.6. The van der Waals surface area contributed by atoms with Crippen LogP contribution in [0.5, 0.6) is 5.75 Å². The molecular formula is C13H19N3O4. The third-order valence-electron chi connectivity index (χ3n) is 3.16. The van der Waals surface area contributed by atoms with Crippen molar-refractivity contribution in [2.75, 3.05) is 7.05 Å². The zero-order valence-corrected chi connectivity index (χ0v) is 11.8. The Bertz CT molecular complexity index is 506. The van der Waals surface area contributed by atoms with E-state index in [1.807, 2.05) is 0 Å². The van der Waals surface area contributed by atoms with E-state index in [1.54, 1.807) is 33.0 Å². The van der Waals surface area contributed by atoms with Gasteiger partial charge in [0.05, 0.1) is 22.6 Å². The molecule has 7 heteroatoms. The maximum atomic E-state index is 11.4. The van der Waals surface area contributed by atoms with E-state index >= 15 is 0 Å². The molecule has 2 atom stereocenters. The molecule has 20 heavy (non-hydrogen) atoms. The number of nitro groups is 1. The molecular weight excluding hydrogens is 262 g/mol. The molecule has 7 nitrogen and oxygen atoms in total. The molecule has 0 aromatic heterocycles. The number of nitrogens with zero attached hydrogens (tertiary/aromatic N) is 1. The molecule has 0 saturated carbocycles. The molecule has 0 bridgehead atoms. The van der Waals surface area contributed by atoms with E-state index in [9.17, 15) is 14.9 Å². The van der Waals surface area contributed by atoms with Gasteiger partial charge in [0.2, 0.25) is 5.91 Å². The monoisotopic (exact) mass is 281 g/mol. The standard InChI is InChI=1S/C13H19N3O4/c1-9(8-13(2,15-3)12(14)17)20-11-6-4-5-10(7-11)16(18)19/h4-7,9,15H,8H2,1-3H3,(H2,14,17). The number of ether oxygens (including phenoxy) is 1. The quantitative estimate of drug-likeness (QED) is 0.577. The number of nitrogens with two attached hydrogens (primary N) is 1. The number of rotatable bonds is 7. The second-order valence-electron chi connectivity index (χ2n) is 4.83. The van der Waals surface area contributed by atoms with E-state index in [2.05, 4.69) is 5.32 Å². The SMILES string of the molecule is CNC(C)(CC(C)Oc1cccc([N+](=O)[O-])c1)C(N)=O. The van der Waals surface area contributed by atoms with E-state index < -0.39 is 16.4 Å². The number of benzene rings is 1. The summed E-state index contributed by atoms with van der Waals surface area (Å²) in [4.78, 5) is 21.6. The highest BCUT2D eigenvalue weighted by Gasteiger charge is 2.31. The molecule has 3 N–H and O–H groups in total. The van der Waals surface area contributed by atoms with Gasteiger partial charge in [-0.25, -0.2) is 0 Å². The summed E-state index contributed by atoms with van der Waals surface area (Å²) >= 11 is 0. The Kier molecular flexibility index (Phi) is 5.04. The van der Waals surface area contributed by atoms with Crippen molar-refractivity contribution < 1.29 is 14.5 Å².